The third-order valence-corrected chi connectivity index (χ3v) is 3.41. The molecule has 0 unspecified atom stereocenters. The predicted molar refractivity (Wildman–Crippen MR) is 70.5 cm³/mol. The molecule has 1 aliphatic rings. The standard InChI is InChI=1S/C13H26NO2.H3NO/c1-6-7-8-16-11-9-12(2,3)14(15)13(4,5)10-11;1-2/h11H,6-10H2,1-5H3;2H,1H2. The van der Waals surface area contributed by atoms with Crippen LogP contribution in [0.4, 0.5) is 0 Å². The summed E-state index contributed by atoms with van der Waals surface area (Å²) in [4.78, 5) is 0. The van der Waals surface area contributed by atoms with Crippen LogP contribution in [-0.4, -0.2) is 34.1 Å². The molecule has 0 amide bonds. The summed E-state index contributed by atoms with van der Waals surface area (Å²) in [5.74, 6) is 3.50. The van der Waals surface area contributed by atoms with Gasteiger partial charge in [0.05, 0.1) is 6.10 Å². The molecule has 0 atom stereocenters. The smallest absolute Gasteiger partial charge is 0.0611 e. The number of hydrogen-bond acceptors (Lipinski definition) is 4. The number of unbranched alkanes of at least 4 members (excludes halogenated alkanes) is 1. The molecule has 1 radical (unpaired) electrons. The minimum absolute atomic E-state index is 0.238. The fourth-order valence-electron chi connectivity index (χ4n) is 2.68. The van der Waals surface area contributed by atoms with Crippen LogP contribution in [0.1, 0.15) is 60.3 Å². The van der Waals surface area contributed by atoms with Crippen LogP contribution in [-0.2, 0) is 9.94 Å². The second-order valence-electron chi connectivity index (χ2n) is 6.17. The Morgan fingerprint density at radius 2 is 1.67 bits per heavy atom. The van der Waals surface area contributed by atoms with Gasteiger partial charge in [0.1, 0.15) is 0 Å². The average molecular weight is 261 g/mol. The lowest BCUT2D eigenvalue weighted by atomic mass is 9.80. The van der Waals surface area contributed by atoms with E-state index in [0.29, 0.717) is 0 Å². The maximum atomic E-state index is 12.1. The van der Waals surface area contributed by atoms with Crippen molar-refractivity contribution in [3.8, 4) is 0 Å². The number of ether oxygens (including phenoxy) is 1. The second kappa shape index (κ2) is 7.40. The van der Waals surface area contributed by atoms with Gasteiger partial charge in [-0.05, 0) is 47.0 Å². The van der Waals surface area contributed by atoms with Crippen molar-refractivity contribution < 1.29 is 15.2 Å². The fourth-order valence-corrected chi connectivity index (χ4v) is 2.68. The van der Waals surface area contributed by atoms with Gasteiger partial charge in [0, 0.05) is 17.7 Å². The van der Waals surface area contributed by atoms with Crippen molar-refractivity contribution in [2.75, 3.05) is 6.61 Å². The van der Waals surface area contributed by atoms with Crippen LogP contribution in [0.25, 0.3) is 0 Å². The van der Waals surface area contributed by atoms with Crippen molar-refractivity contribution in [1.82, 2.24) is 5.06 Å². The maximum absolute atomic E-state index is 12.1. The Balaban J connectivity index is 0.00000137. The molecule has 1 fully saturated rings. The molecule has 0 saturated carbocycles. The molecule has 5 heteroatoms. The third kappa shape index (κ3) is 4.82. The number of rotatable bonds is 4. The Kier molecular flexibility index (Phi) is 7.32. The van der Waals surface area contributed by atoms with Crippen molar-refractivity contribution in [2.24, 2.45) is 5.90 Å². The fraction of sp³-hybridized carbons (Fsp3) is 1.00. The molecule has 5 nitrogen and oxygen atoms in total. The van der Waals surface area contributed by atoms with Gasteiger partial charge in [0.15, 0.2) is 0 Å². The molecule has 3 N–H and O–H groups in total. The van der Waals surface area contributed by atoms with E-state index in [-0.39, 0.29) is 17.2 Å². The van der Waals surface area contributed by atoms with Crippen molar-refractivity contribution in [1.29, 1.82) is 0 Å². The van der Waals surface area contributed by atoms with Gasteiger partial charge in [0.2, 0.25) is 0 Å². The molecule has 0 aromatic rings. The first-order valence-electron chi connectivity index (χ1n) is 6.64. The molecule has 0 spiro atoms. The minimum atomic E-state index is -0.307. The van der Waals surface area contributed by atoms with Gasteiger partial charge in [0.25, 0.3) is 0 Å². The molecule has 0 aromatic carbocycles. The van der Waals surface area contributed by atoms with E-state index >= 15 is 0 Å². The summed E-state index contributed by atoms with van der Waals surface area (Å²) >= 11 is 0. The quantitative estimate of drug-likeness (QED) is 0.602. The SMILES string of the molecule is CCCCOC1CC(C)(C)N([O])C(C)(C)C1.NO. The van der Waals surface area contributed by atoms with Crippen LogP contribution in [0, 0.1) is 0 Å². The number of hydroxylamine groups is 2. The van der Waals surface area contributed by atoms with Crippen molar-refractivity contribution >= 4 is 0 Å². The Morgan fingerprint density at radius 1 is 1.22 bits per heavy atom. The van der Waals surface area contributed by atoms with Gasteiger partial charge < -0.3 is 9.94 Å². The van der Waals surface area contributed by atoms with Crippen molar-refractivity contribution in [2.45, 2.75) is 77.5 Å². The largest absolute Gasteiger partial charge is 0.378 e. The highest BCUT2D eigenvalue weighted by Crippen LogP contribution is 2.38. The minimum Gasteiger partial charge on any atom is -0.378 e. The number of piperidine rings is 1. The Bertz CT molecular complexity index is 214. The first-order chi connectivity index (χ1) is 8.29. The average Bonchev–Trinajstić information content (AvgIpc) is 2.28. The third-order valence-electron chi connectivity index (χ3n) is 3.41. The van der Waals surface area contributed by atoms with Gasteiger partial charge in [-0.3, -0.25) is 0 Å². The normalized spacial score (nSPS) is 23.3. The lowest BCUT2D eigenvalue weighted by Gasteiger charge is -2.49. The van der Waals surface area contributed by atoms with Crippen LogP contribution in [0.3, 0.4) is 0 Å². The number of nitrogens with zero attached hydrogens (tertiary/aromatic N) is 1. The van der Waals surface area contributed by atoms with Crippen LogP contribution < -0.4 is 5.90 Å². The van der Waals surface area contributed by atoms with Crippen LogP contribution in [0.2, 0.25) is 0 Å². The summed E-state index contributed by atoms with van der Waals surface area (Å²) in [5, 5.41) is 19.9. The van der Waals surface area contributed by atoms with E-state index in [1.54, 1.807) is 0 Å². The van der Waals surface area contributed by atoms with Crippen LogP contribution in [0.15, 0.2) is 0 Å². The summed E-state index contributed by atoms with van der Waals surface area (Å²) < 4.78 is 5.88. The van der Waals surface area contributed by atoms with Crippen LogP contribution in [0.5, 0.6) is 0 Å². The molecular formula is C13H29N2O3. The zero-order valence-corrected chi connectivity index (χ0v) is 12.4. The molecule has 0 aliphatic carbocycles. The highest BCUT2D eigenvalue weighted by atomic mass is 16.5. The summed E-state index contributed by atoms with van der Waals surface area (Å²) in [6.07, 6.45) is 4.18. The molecule has 0 aromatic heterocycles. The highest BCUT2D eigenvalue weighted by molar-refractivity contribution is 4.96. The summed E-state index contributed by atoms with van der Waals surface area (Å²) in [7, 11) is 0. The van der Waals surface area contributed by atoms with E-state index in [4.69, 9.17) is 9.94 Å². The zero-order valence-electron chi connectivity index (χ0n) is 12.4. The van der Waals surface area contributed by atoms with Crippen molar-refractivity contribution in [3.05, 3.63) is 0 Å². The second-order valence-corrected chi connectivity index (χ2v) is 6.17. The first kappa shape index (κ1) is 17.8. The van der Waals surface area contributed by atoms with Crippen molar-refractivity contribution in [3.63, 3.8) is 0 Å². The Labute approximate surface area is 111 Å². The zero-order chi connectivity index (χ0) is 14.4. The number of hydrogen-bond donors (Lipinski definition) is 2. The summed E-state index contributed by atoms with van der Waals surface area (Å²) in [6.45, 7) is 11.0. The molecule has 1 rings (SSSR count). The monoisotopic (exact) mass is 261 g/mol. The van der Waals surface area contributed by atoms with E-state index in [1.807, 2.05) is 27.7 Å². The maximum Gasteiger partial charge on any atom is 0.0611 e. The molecule has 18 heavy (non-hydrogen) atoms. The summed E-state index contributed by atoms with van der Waals surface area (Å²) in [5.41, 5.74) is -0.614. The Hall–Kier alpha value is -0.200. The van der Waals surface area contributed by atoms with Gasteiger partial charge in [-0.15, -0.1) is 10.3 Å². The molecule has 1 aliphatic heterocycles. The van der Waals surface area contributed by atoms with E-state index < -0.39 is 0 Å². The van der Waals surface area contributed by atoms with E-state index in [0.717, 1.165) is 32.3 Å². The predicted octanol–water partition coefficient (Wildman–Crippen LogP) is 2.50. The molecular weight excluding hydrogens is 232 g/mol. The van der Waals surface area contributed by atoms with Gasteiger partial charge in [-0.2, -0.15) is 0 Å². The van der Waals surface area contributed by atoms with Crippen LogP contribution >= 0.6 is 0 Å². The lowest BCUT2D eigenvalue weighted by molar-refractivity contribution is -0.301. The highest BCUT2D eigenvalue weighted by Gasteiger charge is 2.46. The molecule has 1 heterocycles. The van der Waals surface area contributed by atoms with Gasteiger partial charge in [-0.1, -0.05) is 13.3 Å². The van der Waals surface area contributed by atoms with Gasteiger partial charge in [-0.25, -0.2) is 5.90 Å². The molecule has 0 bridgehead atoms. The topological polar surface area (TPSA) is 78.6 Å². The van der Waals surface area contributed by atoms with E-state index in [9.17, 15) is 5.21 Å². The molecule has 1 saturated heterocycles. The first-order valence-corrected chi connectivity index (χ1v) is 6.64. The Morgan fingerprint density at radius 3 is 2.06 bits per heavy atom. The lowest BCUT2D eigenvalue weighted by Crippen LogP contribution is -2.59. The van der Waals surface area contributed by atoms with E-state index in [2.05, 4.69) is 12.8 Å². The van der Waals surface area contributed by atoms with E-state index in [1.165, 1.54) is 5.06 Å². The number of nitrogens with two attached hydrogens (primary N) is 1. The summed E-state index contributed by atoms with van der Waals surface area (Å²) in [6, 6.07) is 0. The van der Waals surface area contributed by atoms with Gasteiger partial charge >= 0.3 is 0 Å². The molecule has 109 valence electrons.